The molecule has 2 aromatic rings. The lowest BCUT2D eigenvalue weighted by molar-refractivity contribution is -0.130. The highest BCUT2D eigenvalue weighted by molar-refractivity contribution is 7.91. The van der Waals surface area contributed by atoms with Crippen LogP contribution in [0.25, 0.3) is 0 Å². The number of anilines is 1. The van der Waals surface area contributed by atoms with Crippen LogP contribution >= 0.6 is 11.6 Å². The number of rotatable bonds is 4. The van der Waals surface area contributed by atoms with Gasteiger partial charge >= 0.3 is 0 Å². The number of hydrogen-bond acceptors (Lipinski definition) is 4. The van der Waals surface area contributed by atoms with Crippen LogP contribution in [0.4, 0.5) is 5.69 Å². The molecule has 0 unspecified atom stereocenters. The average molecular weight is 354 g/mol. The monoisotopic (exact) mass is 353 g/mol. The first-order valence-electron chi connectivity index (χ1n) is 6.76. The van der Waals surface area contributed by atoms with Gasteiger partial charge in [0.25, 0.3) is 5.91 Å². The molecule has 0 bridgehead atoms. The van der Waals surface area contributed by atoms with Gasteiger partial charge in [-0.05, 0) is 38.1 Å². The fourth-order valence-corrected chi connectivity index (χ4v) is 3.67. The minimum atomic E-state index is -3.81. The Morgan fingerprint density at radius 3 is 2.26 bits per heavy atom. The Morgan fingerprint density at radius 1 is 1.09 bits per heavy atom. The Bertz CT molecular complexity index is 827. The predicted molar refractivity (Wildman–Crippen MR) is 88.3 cm³/mol. The van der Waals surface area contributed by atoms with Gasteiger partial charge in [0.15, 0.2) is 0 Å². The van der Waals surface area contributed by atoms with Gasteiger partial charge in [-0.2, -0.15) is 0 Å². The number of sulfone groups is 1. The first-order chi connectivity index (χ1) is 10.6. The number of carbonyl (C=O) groups is 1. The third kappa shape index (κ3) is 3.72. The third-order valence-corrected chi connectivity index (χ3v) is 5.44. The van der Waals surface area contributed by atoms with Gasteiger partial charge in [0, 0.05) is 0 Å². The van der Waals surface area contributed by atoms with E-state index in [2.05, 4.69) is 5.32 Å². The van der Waals surface area contributed by atoms with E-state index in [1.807, 2.05) is 0 Å². The molecule has 0 saturated carbocycles. The average Bonchev–Trinajstić information content (AvgIpc) is 2.49. The molecule has 2 rings (SSSR count). The van der Waals surface area contributed by atoms with Gasteiger partial charge in [0.2, 0.25) is 9.84 Å². The number of aliphatic hydroxyl groups is 1. The van der Waals surface area contributed by atoms with E-state index in [9.17, 15) is 18.3 Å². The molecule has 0 radical (unpaired) electrons. The normalized spacial score (nSPS) is 12.0. The maximum absolute atomic E-state index is 12.6. The Hall–Kier alpha value is -1.89. The zero-order valence-corrected chi connectivity index (χ0v) is 14.1. The summed E-state index contributed by atoms with van der Waals surface area (Å²) in [5.41, 5.74) is -1.49. The minimum absolute atomic E-state index is 0.103. The van der Waals surface area contributed by atoms with Crippen molar-refractivity contribution < 1.29 is 18.3 Å². The Labute approximate surface area is 139 Å². The largest absolute Gasteiger partial charge is 0.381 e. The smallest absolute Gasteiger partial charge is 0.255 e. The van der Waals surface area contributed by atoms with E-state index in [4.69, 9.17) is 11.6 Å². The van der Waals surface area contributed by atoms with E-state index in [0.717, 1.165) is 0 Å². The minimum Gasteiger partial charge on any atom is -0.381 e. The van der Waals surface area contributed by atoms with Crippen LogP contribution in [-0.4, -0.2) is 25.0 Å². The van der Waals surface area contributed by atoms with E-state index in [1.165, 1.54) is 44.2 Å². The van der Waals surface area contributed by atoms with Crippen molar-refractivity contribution in [1.29, 1.82) is 0 Å². The highest BCUT2D eigenvalue weighted by atomic mass is 35.5. The van der Waals surface area contributed by atoms with Crippen LogP contribution < -0.4 is 5.32 Å². The van der Waals surface area contributed by atoms with Gasteiger partial charge < -0.3 is 10.4 Å². The zero-order chi connectivity index (χ0) is 17.3. The van der Waals surface area contributed by atoms with Crippen LogP contribution in [0.5, 0.6) is 0 Å². The van der Waals surface area contributed by atoms with Crippen molar-refractivity contribution in [2.24, 2.45) is 0 Å². The van der Waals surface area contributed by atoms with Crippen LogP contribution in [0.2, 0.25) is 5.02 Å². The molecule has 2 N–H and O–H groups in total. The molecule has 0 saturated heterocycles. The molecule has 23 heavy (non-hydrogen) atoms. The summed E-state index contributed by atoms with van der Waals surface area (Å²) >= 11 is 6.16. The second-order valence-electron chi connectivity index (χ2n) is 5.45. The lowest BCUT2D eigenvalue weighted by Gasteiger charge is -2.18. The topological polar surface area (TPSA) is 83.5 Å². The second kappa shape index (κ2) is 6.31. The maximum atomic E-state index is 12.6. The molecular formula is C16H16ClNO4S. The summed E-state index contributed by atoms with van der Waals surface area (Å²) in [4.78, 5) is 11.8. The SMILES string of the molecule is CC(C)(O)C(=O)Nc1cccc(S(=O)(=O)c2ccccc2)c1Cl. The van der Waals surface area contributed by atoms with E-state index < -0.39 is 21.3 Å². The molecule has 122 valence electrons. The number of benzene rings is 2. The van der Waals surface area contributed by atoms with Gasteiger partial charge in [0.05, 0.1) is 20.5 Å². The molecule has 0 aliphatic heterocycles. The molecule has 0 aliphatic rings. The molecule has 0 aromatic heterocycles. The number of amides is 1. The van der Waals surface area contributed by atoms with Gasteiger partial charge in [0.1, 0.15) is 5.60 Å². The van der Waals surface area contributed by atoms with Gasteiger partial charge in [-0.1, -0.05) is 35.9 Å². The van der Waals surface area contributed by atoms with Crippen molar-refractivity contribution in [2.45, 2.75) is 29.2 Å². The summed E-state index contributed by atoms with van der Waals surface area (Å²) in [5.74, 6) is -0.686. The number of carbonyl (C=O) groups excluding carboxylic acids is 1. The maximum Gasteiger partial charge on any atom is 0.255 e. The lowest BCUT2D eigenvalue weighted by atomic mass is 10.1. The first-order valence-corrected chi connectivity index (χ1v) is 8.62. The van der Waals surface area contributed by atoms with Crippen LogP contribution in [0.3, 0.4) is 0 Å². The van der Waals surface area contributed by atoms with E-state index in [0.29, 0.717) is 0 Å². The number of halogens is 1. The van der Waals surface area contributed by atoms with Gasteiger partial charge in [-0.25, -0.2) is 8.42 Å². The van der Waals surface area contributed by atoms with E-state index >= 15 is 0 Å². The van der Waals surface area contributed by atoms with Crippen LogP contribution in [0.15, 0.2) is 58.3 Å². The highest BCUT2D eigenvalue weighted by Gasteiger charge is 2.27. The van der Waals surface area contributed by atoms with Crippen molar-refractivity contribution in [3.8, 4) is 0 Å². The number of nitrogens with one attached hydrogen (secondary N) is 1. The quantitative estimate of drug-likeness (QED) is 0.885. The molecule has 1 amide bonds. The summed E-state index contributed by atoms with van der Waals surface area (Å²) in [6.45, 7) is 2.64. The van der Waals surface area contributed by atoms with Crippen LogP contribution in [-0.2, 0) is 14.6 Å². The fourth-order valence-electron chi connectivity index (χ4n) is 1.82. The van der Waals surface area contributed by atoms with Crippen LogP contribution in [0.1, 0.15) is 13.8 Å². The Kier molecular flexibility index (Phi) is 4.79. The Balaban J connectivity index is 2.47. The van der Waals surface area contributed by atoms with E-state index in [-0.39, 0.29) is 20.5 Å². The molecule has 0 spiro atoms. The molecular weight excluding hydrogens is 338 g/mol. The van der Waals surface area contributed by atoms with Crippen molar-refractivity contribution >= 4 is 33.0 Å². The van der Waals surface area contributed by atoms with Crippen molar-refractivity contribution in [3.05, 3.63) is 53.6 Å². The molecule has 0 fully saturated rings. The summed E-state index contributed by atoms with van der Waals surface area (Å²) in [5, 5.41) is 12.0. The standard InChI is InChI=1S/C16H16ClNO4S/c1-16(2,20)15(19)18-12-9-6-10-13(14(12)17)23(21,22)11-7-4-3-5-8-11/h3-10,20H,1-2H3,(H,18,19). The zero-order valence-electron chi connectivity index (χ0n) is 12.6. The predicted octanol–water partition coefficient (Wildman–Crippen LogP) is 2.88. The molecule has 0 heterocycles. The Morgan fingerprint density at radius 2 is 1.70 bits per heavy atom. The summed E-state index contributed by atoms with van der Waals surface area (Å²) in [7, 11) is -3.81. The van der Waals surface area contributed by atoms with Crippen molar-refractivity contribution in [3.63, 3.8) is 0 Å². The molecule has 0 aliphatic carbocycles. The second-order valence-corrected chi connectivity index (χ2v) is 7.74. The highest BCUT2D eigenvalue weighted by Crippen LogP contribution is 2.33. The summed E-state index contributed by atoms with van der Waals surface area (Å²) < 4.78 is 25.3. The third-order valence-electron chi connectivity index (χ3n) is 3.11. The lowest BCUT2D eigenvalue weighted by Crippen LogP contribution is -2.36. The fraction of sp³-hybridized carbons (Fsp3) is 0.188. The van der Waals surface area contributed by atoms with E-state index in [1.54, 1.807) is 18.2 Å². The summed E-state index contributed by atoms with van der Waals surface area (Å²) in [6.07, 6.45) is 0. The molecule has 7 heteroatoms. The summed E-state index contributed by atoms with van der Waals surface area (Å²) in [6, 6.07) is 12.2. The molecule has 2 aromatic carbocycles. The number of hydrogen-bond donors (Lipinski definition) is 2. The molecule has 0 atom stereocenters. The first kappa shape index (κ1) is 17.5. The van der Waals surface area contributed by atoms with Gasteiger partial charge in [-0.15, -0.1) is 0 Å². The van der Waals surface area contributed by atoms with Crippen molar-refractivity contribution in [1.82, 2.24) is 0 Å². The van der Waals surface area contributed by atoms with Gasteiger partial charge in [-0.3, -0.25) is 4.79 Å². The van der Waals surface area contributed by atoms with Crippen molar-refractivity contribution in [2.75, 3.05) is 5.32 Å². The molecule has 5 nitrogen and oxygen atoms in total. The van der Waals surface area contributed by atoms with Crippen LogP contribution in [0, 0.1) is 0 Å².